The molecule has 0 fully saturated rings. The van der Waals surface area contributed by atoms with Crippen molar-refractivity contribution in [3.63, 3.8) is 0 Å². The highest BCUT2D eigenvalue weighted by Crippen LogP contribution is 2.18. The van der Waals surface area contributed by atoms with Gasteiger partial charge in [0, 0.05) is 6.20 Å². The van der Waals surface area contributed by atoms with Crippen LogP contribution in [0.4, 0.5) is 0 Å². The molecule has 2 heterocycles. The van der Waals surface area contributed by atoms with Gasteiger partial charge in [-0.25, -0.2) is 9.78 Å². The van der Waals surface area contributed by atoms with E-state index in [0.29, 0.717) is 5.69 Å². The Hall–Kier alpha value is -2.56. The third-order valence-corrected chi connectivity index (χ3v) is 2.80. The molecule has 0 unspecified atom stereocenters. The second kappa shape index (κ2) is 4.03. The summed E-state index contributed by atoms with van der Waals surface area (Å²) in [6, 6.07) is 9.55. The van der Waals surface area contributed by atoms with E-state index in [1.54, 1.807) is 18.6 Å². The molecule has 3 rings (SSSR count). The van der Waals surface area contributed by atoms with E-state index >= 15 is 0 Å². The van der Waals surface area contributed by atoms with Crippen LogP contribution < -0.4 is 0 Å². The highest BCUT2D eigenvalue weighted by atomic mass is 16.5. The number of esters is 1. The van der Waals surface area contributed by atoms with Crippen LogP contribution in [0.3, 0.4) is 0 Å². The number of benzene rings is 1. The van der Waals surface area contributed by atoms with Crippen LogP contribution >= 0.6 is 0 Å². The first-order valence-corrected chi connectivity index (χ1v) is 5.49. The highest BCUT2D eigenvalue weighted by Gasteiger charge is 2.10. The van der Waals surface area contributed by atoms with Crippen molar-refractivity contribution < 1.29 is 9.53 Å². The van der Waals surface area contributed by atoms with Gasteiger partial charge in [0.2, 0.25) is 0 Å². The van der Waals surface area contributed by atoms with Crippen molar-refractivity contribution in [1.82, 2.24) is 14.5 Å². The van der Waals surface area contributed by atoms with E-state index in [1.807, 2.05) is 28.8 Å². The van der Waals surface area contributed by atoms with Crippen LogP contribution in [0, 0.1) is 0 Å². The number of aromatic nitrogens is 3. The fourth-order valence-electron chi connectivity index (χ4n) is 1.91. The van der Waals surface area contributed by atoms with Crippen LogP contribution in [0.25, 0.3) is 16.7 Å². The first kappa shape index (κ1) is 10.6. The van der Waals surface area contributed by atoms with Gasteiger partial charge in [0.1, 0.15) is 12.0 Å². The normalized spacial score (nSPS) is 10.7. The molecular formula is C13H11N3O2. The first-order chi connectivity index (χ1) is 8.79. The molecule has 0 saturated heterocycles. The number of hydrogen-bond acceptors (Lipinski definition) is 3. The number of hydrogen-bond donors (Lipinski definition) is 1. The lowest BCUT2D eigenvalue weighted by molar-refractivity contribution is 0.0595. The van der Waals surface area contributed by atoms with Crippen LogP contribution in [0.5, 0.6) is 0 Å². The predicted molar refractivity (Wildman–Crippen MR) is 66.8 cm³/mol. The van der Waals surface area contributed by atoms with Crippen molar-refractivity contribution in [2.45, 2.75) is 0 Å². The standard InChI is InChI=1S/C13H11N3O2/c1-18-13(17)11-6-9(7-14-11)16-8-15-10-4-2-3-5-12(10)16/h2-8,14H,1H3. The number of aromatic amines is 1. The number of nitrogens with one attached hydrogen (secondary N) is 1. The smallest absolute Gasteiger partial charge is 0.354 e. The Morgan fingerprint density at radius 1 is 1.39 bits per heavy atom. The molecule has 0 aliphatic rings. The van der Waals surface area contributed by atoms with E-state index in [0.717, 1.165) is 16.7 Å². The van der Waals surface area contributed by atoms with Gasteiger partial charge in [-0.2, -0.15) is 0 Å². The molecule has 5 nitrogen and oxygen atoms in total. The summed E-state index contributed by atoms with van der Waals surface area (Å²) in [5, 5.41) is 0. The number of para-hydroxylation sites is 2. The van der Waals surface area contributed by atoms with E-state index in [4.69, 9.17) is 0 Å². The third-order valence-electron chi connectivity index (χ3n) is 2.80. The van der Waals surface area contributed by atoms with Crippen molar-refractivity contribution in [3.8, 4) is 5.69 Å². The van der Waals surface area contributed by atoms with E-state index in [9.17, 15) is 4.79 Å². The Morgan fingerprint density at radius 3 is 3.06 bits per heavy atom. The molecule has 0 aliphatic carbocycles. The van der Waals surface area contributed by atoms with E-state index in [-0.39, 0.29) is 5.97 Å². The molecule has 0 saturated carbocycles. The van der Waals surface area contributed by atoms with Gasteiger partial charge in [-0.3, -0.25) is 4.57 Å². The second-order valence-corrected chi connectivity index (χ2v) is 3.87. The van der Waals surface area contributed by atoms with E-state index in [2.05, 4.69) is 14.7 Å². The molecule has 1 N–H and O–H groups in total. The zero-order valence-electron chi connectivity index (χ0n) is 9.75. The van der Waals surface area contributed by atoms with Crippen molar-refractivity contribution in [2.75, 3.05) is 7.11 Å². The molecule has 0 bridgehead atoms. The Morgan fingerprint density at radius 2 is 2.22 bits per heavy atom. The lowest BCUT2D eigenvalue weighted by Gasteiger charge is -1.99. The lowest BCUT2D eigenvalue weighted by Crippen LogP contribution is -2.00. The maximum atomic E-state index is 11.4. The number of H-pyrrole nitrogens is 1. The molecule has 2 aromatic heterocycles. The molecular weight excluding hydrogens is 230 g/mol. The van der Waals surface area contributed by atoms with E-state index < -0.39 is 0 Å². The summed E-state index contributed by atoms with van der Waals surface area (Å²) < 4.78 is 6.57. The molecule has 0 aliphatic heterocycles. The lowest BCUT2D eigenvalue weighted by atomic mass is 10.3. The summed E-state index contributed by atoms with van der Waals surface area (Å²) in [6.07, 6.45) is 3.48. The Labute approximate surface area is 103 Å². The number of nitrogens with zero attached hydrogens (tertiary/aromatic N) is 2. The average molecular weight is 241 g/mol. The number of ether oxygens (including phenoxy) is 1. The largest absolute Gasteiger partial charge is 0.464 e. The molecule has 0 atom stereocenters. The maximum Gasteiger partial charge on any atom is 0.354 e. The summed E-state index contributed by atoms with van der Waals surface area (Å²) >= 11 is 0. The van der Waals surface area contributed by atoms with Crippen LogP contribution in [0.1, 0.15) is 10.5 Å². The number of rotatable bonds is 2. The Bertz CT molecular complexity index is 712. The minimum Gasteiger partial charge on any atom is -0.464 e. The van der Waals surface area contributed by atoms with E-state index in [1.165, 1.54) is 7.11 Å². The van der Waals surface area contributed by atoms with Gasteiger partial charge < -0.3 is 9.72 Å². The summed E-state index contributed by atoms with van der Waals surface area (Å²) in [6.45, 7) is 0. The van der Waals surface area contributed by atoms with Crippen molar-refractivity contribution in [1.29, 1.82) is 0 Å². The molecule has 0 radical (unpaired) electrons. The van der Waals surface area contributed by atoms with Gasteiger partial charge in [-0.1, -0.05) is 12.1 Å². The van der Waals surface area contributed by atoms with Crippen molar-refractivity contribution >= 4 is 17.0 Å². The van der Waals surface area contributed by atoms with Gasteiger partial charge in [-0.15, -0.1) is 0 Å². The SMILES string of the molecule is COC(=O)c1cc(-n2cnc3ccccc32)c[nH]1. The quantitative estimate of drug-likeness (QED) is 0.699. The Balaban J connectivity index is 2.09. The highest BCUT2D eigenvalue weighted by molar-refractivity contribution is 5.88. The van der Waals surface area contributed by atoms with Gasteiger partial charge in [0.05, 0.1) is 23.8 Å². The molecule has 18 heavy (non-hydrogen) atoms. The number of fused-ring (bicyclic) bond motifs is 1. The molecule has 1 aromatic carbocycles. The van der Waals surface area contributed by atoms with Crippen molar-refractivity contribution in [2.24, 2.45) is 0 Å². The topological polar surface area (TPSA) is 59.9 Å². The number of imidazole rings is 1. The average Bonchev–Trinajstić information content (AvgIpc) is 3.03. The molecule has 0 amide bonds. The molecule has 90 valence electrons. The van der Waals surface area contributed by atoms with Crippen LogP contribution in [-0.2, 0) is 4.74 Å². The van der Waals surface area contributed by atoms with Crippen molar-refractivity contribution in [3.05, 3.63) is 48.5 Å². The van der Waals surface area contributed by atoms with Gasteiger partial charge in [0.25, 0.3) is 0 Å². The van der Waals surface area contributed by atoms with Crippen LogP contribution in [0.2, 0.25) is 0 Å². The Kier molecular flexibility index (Phi) is 2.37. The summed E-state index contributed by atoms with van der Waals surface area (Å²) in [5.41, 5.74) is 3.18. The fourth-order valence-corrected chi connectivity index (χ4v) is 1.91. The second-order valence-electron chi connectivity index (χ2n) is 3.87. The van der Waals surface area contributed by atoms with Gasteiger partial charge in [-0.05, 0) is 18.2 Å². The number of carbonyl (C=O) groups is 1. The zero-order chi connectivity index (χ0) is 12.5. The predicted octanol–water partition coefficient (Wildman–Crippen LogP) is 2.14. The monoisotopic (exact) mass is 241 g/mol. The maximum absolute atomic E-state index is 11.4. The first-order valence-electron chi connectivity index (χ1n) is 5.49. The molecule has 5 heteroatoms. The van der Waals surface area contributed by atoms with Gasteiger partial charge in [0.15, 0.2) is 0 Å². The van der Waals surface area contributed by atoms with Crippen LogP contribution in [0.15, 0.2) is 42.9 Å². The minimum absolute atomic E-state index is 0.384. The fraction of sp³-hybridized carbons (Fsp3) is 0.0769. The number of carbonyl (C=O) groups excluding carboxylic acids is 1. The number of methoxy groups -OCH3 is 1. The molecule has 3 aromatic rings. The molecule has 0 spiro atoms. The van der Waals surface area contributed by atoms with Crippen LogP contribution in [-0.4, -0.2) is 27.6 Å². The summed E-state index contributed by atoms with van der Waals surface area (Å²) in [7, 11) is 1.36. The third kappa shape index (κ3) is 1.57. The summed E-state index contributed by atoms with van der Waals surface area (Å²) in [4.78, 5) is 18.6. The minimum atomic E-state index is -0.384. The summed E-state index contributed by atoms with van der Waals surface area (Å²) in [5.74, 6) is -0.384. The van der Waals surface area contributed by atoms with Gasteiger partial charge >= 0.3 is 5.97 Å². The zero-order valence-corrected chi connectivity index (χ0v) is 9.75.